The number of rotatable bonds is 6. The summed E-state index contributed by atoms with van der Waals surface area (Å²) in [4.78, 5) is 22.3. The maximum absolute atomic E-state index is 11.7. The van der Waals surface area contributed by atoms with Gasteiger partial charge in [0.1, 0.15) is 6.08 Å². The highest BCUT2D eigenvalue weighted by molar-refractivity contribution is 5.84. The number of Topliss-reactive ketones (excluding diaryl/α,β-unsaturated/α-hetero) is 1. The third-order valence-corrected chi connectivity index (χ3v) is 2.08. The summed E-state index contributed by atoms with van der Waals surface area (Å²) in [6.07, 6.45) is -2.88. The number of nitrogens with zero attached hydrogens (tertiary/aromatic N) is 1. The summed E-state index contributed by atoms with van der Waals surface area (Å²) in [5, 5.41) is 18.5. The van der Waals surface area contributed by atoms with Gasteiger partial charge in [0.25, 0.3) is 0 Å². The predicted molar refractivity (Wildman–Crippen MR) is 55.4 cm³/mol. The van der Waals surface area contributed by atoms with Crippen molar-refractivity contribution in [1.29, 1.82) is 0 Å². The molecule has 2 unspecified atom stereocenters. The van der Waals surface area contributed by atoms with Gasteiger partial charge in [-0.15, -0.1) is 0 Å². The van der Waals surface area contributed by atoms with E-state index in [1.165, 1.54) is 0 Å². The summed E-state index contributed by atoms with van der Waals surface area (Å²) in [6.45, 7) is 1.63. The summed E-state index contributed by atoms with van der Waals surface area (Å²) < 4.78 is 7.67. The van der Waals surface area contributed by atoms with Gasteiger partial charge in [-0.3, -0.25) is 9.59 Å². The smallest absolute Gasteiger partial charge is 0.306 e. The van der Waals surface area contributed by atoms with E-state index >= 15 is 0 Å². The number of hydrogen-bond donors (Lipinski definition) is 2. The number of likely N-dealkylation sites (N-methyl/N-ethyl adjacent to an activating group) is 1. The topological polar surface area (TPSA) is 74.6 Å². The molecule has 0 radical (unpaired) electrons. The van der Waals surface area contributed by atoms with Crippen LogP contribution in [0.2, 0.25) is 0 Å². The molecule has 0 aromatic rings. The molecular weight excluding hydrogens is 198 g/mol. The number of carbonyl (C=O) groups excluding carboxylic acids is 1. The molecular formula is C10H20NO4+. The van der Waals surface area contributed by atoms with Crippen LogP contribution in [-0.4, -0.2) is 59.7 Å². The van der Waals surface area contributed by atoms with E-state index in [2.05, 4.69) is 0 Å². The molecule has 88 valence electrons. The first-order chi connectivity index (χ1) is 7.02. The monoisotopic (exact) mass is 219 g/mol. The highest BCUT2D eigenvalue weighted by Gasteiger charge is 2.37. The first-order valence-corrected chi connectivity index (χ1v) is 4.80. The van der Waals surface area contributed by atoms with E-state index in [4.69, 9.17) is 6.48 Å². The molecule has 5 nitrogen and oxygen atoms in total. The fourth-order valence-corrected chi connectivity index (χ4v) is 1.51. The normalized spacial score (nSPS) is 18.9. The molecule has 2 N–H and O–H groups in total. The summed E-state index contributed by atoms with van der Waals surface area (Å²) in [5.74, 6) is -1.61. The number of ketones is 1. The average Bonchev–Trinajstić information content (AvgIpc) is 1.97. The number of aliphatic hydroxyl groups is 1. The third-order valence-electron chi connectivity index (χ3n) is 2.08. The average molecular weight is 219 g/mol. The van der Waals surface area contributed by atoms with Crippen molar-refractivity contribution in [2.75, 3.05) is 21.1 Å². The van der Waals surface area contributed by atoms with E-state index in [1.807, 2.05) is 0 Å². The minimum Gasteiger partial charge on any atom is -0.481 e. The lowest BCUT2D eigenvalue weighted by Crippen LogP contribution is -2.56. The fraction of sp³-hybridized carbons (Fsp3) is 0.800. The number of carboxylic acid groups (broad SMARTS) is 1. The Bertz CT molecular complexity index is 283. The van der Waals surface area contributed by atoms with Crippen molar-refractivity contribution < 1.29 is 25.7 Å². The molecule has 5 heteroatoms. The Morgan fingerprint density at radius 2 is 1.87 bits per heavy atom. The third kappa shape index (κ3) is 4.40. The standard InChI is InChI=1S/C10H19NO4/c1-5-7(12)10(11(2,3)4)8(13)6-9(14)15/h8,10,13H,5-6H2,1-4H3/p+1/i8D. The van der Waals surface area contributed by atoms with Crippen molar-refractivity contribution in [2.45, 2.75) is 31.9 Å². The van der Waals surface area contributed by atoms with Gasteiger partial charge in [-0.1, -0.05) is 6.92 Å². The zero-order valence-corrected chi connectivity index (χ0v) is 9.65. The van der Waals surface area contributed by atoms with Crippen molar-refractivity contribution >= 4 is 11.8 Å². The second-order valence-corrected chi connectivity index (χ2v) is 4.40. The molecule has 0 saturated heterocycles. The Balaban J connectivity index is 5.18. The summed E-state index contributed by atoms with van der Waals surface area (Å²) in [7, 11) is 4.96. The van der Waals surface area contributed by atoms with Crippen molar-refractivity contribution in [3.8, 4) is 0 Å². The highest BCUT2D eigenvalue weighted by Crippen LogP contribution is 2.14. The van der Waals surface area contributed by atoms with Crippen molar-refractivity contribution in [3.63, 3.8) is 0 Å². The molecule has 0 bridgehead atoms. The van der Waals surface area contributed by atoms with E-state index in [1.54, 1.807) is 28.1 Å². The maximum Gasteiger partial charge on any atom is 0.306 e. The first-order valence-electron chi connectivity index (χ1n) is 5.30. The number of quaternary nitrogens is 1. The molecule has 15 heavy (non-hydrogen) atoms. The molecule has 0 saturated carbocycles. The van der Waals surface area contributed by atoms with Gasteiger partial charge >= 0.3 is 5.97 Å². The quantitative estimate of drug-likeness (QED) is 0.611. The van der Waals surface area contributed by atoms with Crippen LogP contribution in [0.1, 0.15) is 21.1 Å². The first kappa shape index (κ1) is 12.1. The summed E-state index contributed by atoms with van der Waals surface area (Å²) in [6, 6.07) is -1.06. The lowest BCUT2D eigenvalue weighted by Gasteiger charge is -2.35. The minimum absolute atomic E-state index is 0.0277. The molecule has 2 atom stereocenters. The Morgan fingerprint density at radius 1 is 1.40 bits per heavy atom. The molecule has 0 aliphatic heterocycles. The van der Waals surface area contributed by atoms with Gasteiger partial charge in [0, 0.05) is 6.42 Å². The lowest BCUT2D eigenvalue weighted by molar-refractivity contribution is -0.890. The zero-order valence-electron chi connectivity index (χ0n) is 10.6. The Morgan fingerprint density at radius 3 is 2.13 bits per heavy atom. The molecule has 0 rings (SSSR count). The van der Waals surface area contributed by atoms with Crippen LogP contribution in [0.4, 0.5) is 0 Å². The van der Waals surface area contributed by atoms with Crippen LogP contribution in [0, 0.1) is 0 Å². The fourth-order valence-electron chi connectivity index (χ4n) is 1.51. The Kier molecular flexibility index (Phi) is 4.23. The largest absolute Gasteiger partial charge is 0.481 e. The molecule has 0 aliphatic carbocycles. The second kappa shape index (κ2) is 5.23. The van der Waals surface area contributed by atoms with Crippen LogP contribution >= 0.6 is 0 Å². The molecule has 0 aliphatic rings. The van der Waals surface area contributed by atoms with E-state index in [9.17, 15) is 14.7 Å². The lowest BCUT2D eigenvalue weighted by atomic mass is 9.99. The van der Waals surface area contributed by atoms with Gasteiger partial charge < -0.3 is 14.7 Å². The van der Waals surface area contributed by atoms with Gasteiger partial charge in [0.2, 0.25) is 0 Å². The number of carboxylic acids is 1. The molecule has 0 fully saturated rings. The van der Waals surface area contributed by atoms with E-state index in [-0.39, 0.29) is 16.7 Å². The van der Waals surface area contributed by atoms with E-state index < -0.39 is 24.5 Å². The van der Waals surface area contributed by atoms with Crippen molar-refractivity contribution in [2.24, 2.45) is 0 Å². The van der Waals surface area contributed by atoms with Gasteiger partial charge in [0.05, 0.1) is 28.9 Å². The van der Waals surface area contributed by atoms with E-state index in [0.717, 1.165) is 0 Å². The minimum atomic E-state index is -2.28. The van der Waals surface area contributed by atoms with Crippen LogP contribution in [0.15, 0.2) is 0 Å². The molecule has 0 heterocycles. The molecule has 0 aromatic heterocycles. The maximum atomic E-state index is 11.7. The highest BCUT2D eigenvalue weighted by atomic mass is 16.4. The summed E-state index contributed by atoms with van der Waals surface area (Å²) in [5.41, 5.74) is 0. The molecule has 0 amide bonds. The van der Waals surface area contributed by atoms with Crippen LogP contribution in [0.3, 0.4) is 0 Å². The SMILES string of the molecule is [2H]C(O)(CC(=O)O)C(C(=O)CC)[N+](C)(C)C. The molecule has 0 spiro atoms. The zero-order chi connectivity index (χ0) is 13.1. The van der Waals surface area contributed by atoms with Gasteiger partial charge in [-0.2, -0.15) is 0 Å². The van der Waals surface area contributed by atoms with Crippen molar-refractivity contribution in [1.82, 2.24) is 0 Å². The number of hydrogen-bond acceptors (Lipinski definition) is 3. The van der Waals surface area contributed by atoms with Crippen LogP contribution in [0.25, 0.3) is 0 Å². The Labute approximate surface area is 91.3 Å². The van der Waals surface area contributed by atoms with Gasteiger partial charge in [0.15, 0.2) is 11.8 Å². The van der Waals surface area contributed by atoms with Crippen molar-refractivity contribution in [3.05, 3.63) is 0 Å². The summed E-state index contributed by atoms with van der Waals surface area (Å²) >= 11 is 0. The van der Waals surface area contributed by atoms with Crippen LogP contribution in [-0.2, 0) is 9.59 Å². The van der Waals surface area contributed by atoms with Gasteiger partial charge in [-0.25, -0.2) is 0 Å². The van der Waals surface area contributed by atoms with E-state index in [0.29, 0.717) is 0 Å². The van der Waals surface area contributed by atoms with Crippen LogP contribution in [0.5, 0.6) is 0 Å². The predicted octanol–water partition coefficient (Wildman–Crippen LogP) is -0.124. The van der Waals surface area contributed by atoms with Crippen LogP contribution < -0.4 is 0 Å². The second-order valence-electron chi connectivity index (χ2n) is 4.40. The molecule has 0 aromatic carbocycles. The van der Waals surface area contributed by atoms with Gasteiger partial charge in [-0.05, 0) is 0 Å². The number of carbonyl (C=O) groups is 2. The Hall–Kier alpha value is -0.940. The number of aliphatic carboxylic acids is 1.